The lowest BCUT2D eigenvalue weighted by Gasteiger charge is -2.36. The number of carbonyl (C=O) groups is 2. The van der Waals surface area contributed by atoms with Crippen molar-refractivity contribution in [1.29, 1.82) is 0 Å². The molecule has 1 heterocycles. The predicted octanol–water partition coefficient (Wildman–Crippen LogP) is 5.61. The van der Waals surface area contributed by atoms with E-state index in [0.717, 1.165) is 0 Å². The Morgan fingerprint density at radius 3 is 2.24 bits per heavy atom. The van der Waals surface area contributed by atoms with Crippen LogP contribution in [0.2, 0.25) is 0 Å². The van der Waals surface area contributed by atoms with Crippen molar-refractivity contribution in [2.75, 3.05) is 13.1 Å². The summed E-state index contributed by atoms with van der Waals surface area (Å²) in [6, 6.07) is 6.17. The van der Waals surface area contributed by atoms with E-state index in [0.29, 0.717) is 18.2 Å². The lowest BCUT2D eigenvalue weighted by atomic mass is 9.92. The van der Waals surface area contributed by atoms with Crippen LogP contribution in [0.5, 0.6) is 5.75 Å². The molecule has 2 aromatic rings. The van der Waals surface area contributed by atoms with Crippen molar-refractivity contribution < 1.29 is 50.9 Å². The third kappa shape index (κ3) is 7.22. The third-order valence-corrected chi connectivity index (χ3v) is 6.37. The summed E-state index contributed by atoms with van der Waals surface area (Å²) in [5.41, 5.74) is -2.55. The standard InChI is InChI=1S/C25H25F6NO5/c1-14(19-12-17(24(26,27)28)5-6-20(19)25(29,30)31)32-9-7-15(8-10-32)23(36)37-18-4-2-3-16(11-18)21(33)13-22(34)35/h2-6,11-12,14-15,21,33H,7-10,13H2,1H3,(H,34,35)/t14?,21-/m1/s1. The molecule has 37 heavy (non-hydrogen) atoms. The van der Waals surface area contributed by atoms with Gasteiger partial charge in [0.25, 0.3) is 0 Å². The number of rotatable bonds is 7. The Labute approximate surface area is 208 Å². The molecule has 2 N–H and O–H groups in total. The maximum absolute atomic E-state index is 13.5. The van der Waals surface area contributed by atoms with E-state index in [-0.39, 0.29) is 37.2 Å². The molecular formula is C25H25F6NO5. The molecule has 0 saturated carbocycles. The van der Waals surface area contributed by atoms with Gasteiger partial charge in [0.15, 0.2) is 0 Å². The Balaban J connectivity index is 1.67. The Morgan fingerprint density at radius 1 is 1.03 bits per heavy atom. The van der Waals surface area contributed by atoms with E-state index >= 15 is 0 Å². The second kappa shape index (κ2) is 11.1. The Morgan fingerprint density at radius 2 is 1.68 bits per heavy atom. The highest BCUT2D eigenvalue weighted by atomic mass is 19.4. The highest BCUT2D eigenvalue weighted by molar-refractivity contribution is 5.75. The summed E-state index contributed by atoms with van der Waals surface area (Å²) < 4.78 is 85.4. The second-order valence-electron chi connectivity index (χ2n) is 8.89. The molecule has 1 unspecified atom stereocenters. The van der Waals surface area contributed by atoms with Crippen molar-refractivity contribution in [2.45, 2.75) is 50.7 Å². The summed E-state index contributed by atoms with van der Waals surface area (Å²) in [6.07, 6.45) is -11.0. The number of carbonyl (C=O) groups excluding carboxylic acids is 1. The van der Waals surface area contributed by atoms with E-state index in [9.17, 15) is 41.0 Å². The number of esters is 1. The van der Waals surface area contributed by atoms with Gasteiger partial charge in [0, 0.05) is 6.04 Å². The minimum Gasteiger partial charge on any atom is -0.481 e. The average molecular weight is 533 g/mol. The van der Waals surface area contributed by atoms with Gasteiger partial charge in [-0.3, -0.25) is 14.5 Å². The summed E-state index contributed by atoms with van der Waals surface area (Å²) in [5, 5.41) is 18.8. The molecule has 0 aromatic heterocycles. The molecule has 0 bridgehead atoms. The topological polar surface area (TPSA) is 87.1 Å². The normalized spacial score (nSPS) is 17.3. The zero-order valence-electron chi connectivity index (χ0n) is 19.6. The van der Waals surface area contributed by atoms with Gasteiger partial charge in [0.1, 0.15) is 5.75 Å². The van der Waals surface area contributed by atoms with Crippen LogP contribution in [0.3, 0.4) is 0 Å². The highest BCUT2D eigenvalue weighted by Crippen LogP contribution is 2.40. The fourth-order valence-corrected chi connectivity index (χ4v) is 4.33. The van der Waals surface area contributed by atoms with Crippen molar-refractivity contribution in [2.24, 2.45) is 5.92 Å². The molecular weight excluding hydrogens is 508 g/mol. The van der Waals surface area contributed by atoms with Crippen LogP contribution in [0, 0.1) is 5.92 Å². The number of carboxylic acids is 1. The van der Waals surface area contributed by atoms with E-state index in [1.165, 1.54) is 31.2 Å². The van der Waals surface area contributed by atoms with Crippen molar-refractivity contribution in [3.63, 3.8) is 0 Å². The Bertz CT molecular complexity index is 1130. The van der Waals surface area contributed by atoms with Crippen LogP contribution < -0.4 is 4.74 Å². The number of piperidine rings is 1. The number of likely N-dealkylation sites (tertiary alicyclic amines) is 1. The molecule has 6 nitrogen and oxygen atoms in total. The molecule has 0 aliphatic carbocycles. The minimum absolute atomic E-state index is 0.0986. The molecule has 1 aliphatic rings. The van der Waals surface area contributed by atoms with Crippen LogP contribution in [0.1, 0.15) is 60.6 Å². The largest absolute Gasteiger partial charge is 0.481 e. The van der Waals surface area contributed by atoms with E-state index in [2.05, 4.69) is 0 Å². The van der Waals surface area contributed by atoms with Gasteiger partial charge in [0.05, 0.1) is 29.6 Å². The molecule has 0 radical (unpaired) electrons. The van der Waals surface area contributed by atoms with Crippen LogP contribution in [0.4, 0.5) is 26.3 Å². The minimum atomic E-state index is -4.83. The molecule has 3 rings (SSSR count). The summed E-state index contributed by atoms with van der Waals surface area (Å²) in [5.74, 6) is -2.31. The number of aliphatic carboxylic acids is 1. The van der Waals surface area contributed by atoms with E-state index in [1.54, 1.807) is 4.90 Å². The number of aliphatic hydroxyl groups is 1. The van der Waals surface area contributed by atoms with Gasteiger partial charge in [-0.2, -0.15) is 26.3 Å². The molecule has 0 amide bonds. The lowest BCUT2D eigenvalue weighted by Crippen LogP contribution is -2.39. The summed E-state index contributed by atoms with van der Waals surface area (Å²) >= 11 is 0. The zero-order valence-corrected chi connectivity index (χ0v) is 19.6. The maximum atomic E-state index is 13.5. The number of hydrogen-bond donors (Lipinski definition) is 2. The van der Waals surface area contributed by atoms with Crippen LogP contribution in [-0.4, -0.2) is 40.1 Å². The number of benzene rings is 2. The van der Waals surface area contributed by atoms with Gasteiger partial charge >= 0.3 is 24.3 Å². The number of ether oxygens (including phenoxy) is 1. The SMILES string of the molecule is CC(c1cc(C(F)(F)F)ccc1C(F)(F)F)N1CCC(C(=O)Oc2cccc([C@H](O)CC(=O)O)c2)CC1. The van der Waals surface area contributed by atoms with Gasteiger partial charge in [0.2, 0.25) is 0 Å². The number of alkyl halides is 6. The fourth-order valence-electron chi connectivity index (χ4n) is 4.33. The van der Waals surface area contributed by atoms with Crippen LogP contribution in [0.25, 0.3) is 0 Å². The molecule has 0 spiro atoms. The van der Waals surface area contributed by atoms with Gasteiger partial charge in [-0.25, -0.2) is 0 Å². The van der Waals surface area contributed by atoms with Gasteiger partial charge in [-0.05, 0) is 74.3 Å². The Kier molecular flexibility index (Phi) is 8.53. The van der Waals surface area contributed by atoms with Crippen LogP contribution >= 0.6 is 0 Å². The van der Waals surface area contributed by atoms with Gasteiger partial charge in [-0.1, -0.05) is 12.1 Å². The number of halogens is 6. The van der Waals surface area contributed by atoms with E-state index in [4.69, 9.17) is 9.84 Å². The second-order valence-corrected chi connectivity index (χ2v) is 8.89. The van der Waals surface area contributed by atoms with Gasteiger partial charge in [-0.15, -0.1) is 0 Å². The first-order valence-corrected chi connectivity index (χ1v) is 11.4. The molecule has 1 fully saturated rings. The summed E-state index contributed by atoms with van der Waals surface area (Å²) in [4.78, 5) is 25.0. The zero-order chi connectivity index (χ0) is 27.5. The summed E-state index contributed by atoms with van der Waals surface area (Å²) in [6.45, 7) is 1.72. The summed E-state index contributed by atoms with van der Waals surface area (Å²) in [7, 11) is 0. The van der Waals surface area contributed by atoms with Crippen molar-refractivity contribution in [3.05, 3.63) is 64.7 Å². The van der Waals surface area contributed by atoms with Crippen LogP contribution in [-0.2, 0) is 21.9 Å². The first-order chi connectivity index (χ1) is 17.2. The number of aliphatic hydroxyl groups excluding tert-OH is 1. The molecule has 1 saturated heterocycles. The lowest BCUT2D eigenvalue weighted by molar-refractivity contribution is -0.142. The Hall–Kier alpha value is -3.12. The van der Waals surface area contributed by atoms with Crippen LogP contribution in [0.15, 0.2) is 42.5 Å². The molecule has 1 aliphatic heterocycles. The number of nitrogens with zero attached hydrogens (tertiary/aromatic N) is 1. The molecule has 12 heteroatoms. The smallest absolute Gasteiger partial charge is 0.416 e. The predicted molar refractivity (Wildman–Crippen MR) is 118 cm³/mol. The number of hydrogen-bond acceptors (Lipinski definition) is 5. The highest BCUT2D eigenvalue weighted by Gasteiger charge is 2.39. The molecule has 202 valence electrons. The number of carboxylic acid groups (broad SMARTS) is 1. The maximum Gasteiger partial charge on any atom is 0.416 e. The van der Waals surface area contributed by atoms with E-state index < -0.39 is 65.5 Å². The van der Waals surface area contributed by atoms with Crippen molar-refractivity contribution in [1.82, 2.24) is 4.90 Å². The average Bonchev–Trinajstić information content (AvgIpc) is 2.82. The first-order valence-electron chi connectivity index (χ1n) is 11.4. The van der Waals surface area contributed by atoms with Crippen molar-refractivity contribution in [3.8, 4) is 5.75 Å². The van der Waals surface area contributed by atoms with E-state index in [1.807, 2.05) is 0 Å². The fraction of sp³-hybridized carbons (Fsp3) is 0.440. The quantitative estimate of drug-likeness (QED) is 0.273. The van der Waals surface area contributed by atoms with Crippen molar-refractivity contribution >= 4 is 11.9 Å². The van der Waals surface area contributed by atoms with Gasteiger partial charge < -0.3 is 14.9 Å². The molecule has 2 atom stereocenters. The monoisotopic (exact) mass is 533 g/mol. The third-order valence-electron chi connectivity index (χ3n) is 6.37. The molecule has 2 aromatic carbocycles. The first kappa shape index (κ1) is 28.5.